The van der Waals surface area contributed by atoms with Crippen LogP contribution in [0, 0.1) is 5.95 Å². The molecule has 1 heterocycles. The fraction of sp³-hybridized carbons (Fsp3) is 0.0556. The van der Waals surface area contributed by atoms with E-state index in [4.69, 9.17) is 4.74 Å². The van der Waals surface area contributed by atoms with Gasteiger partial charge in [-0.2, -0.15) is 4.39 Å². The predicted octanol–water partition coefficient (Wildman–Crippen LogP) is 4.47. The number of rotatable bonds is 4. The molecule has 0 N–H and O–H groups in total. The molecule has 0 radical (unpaired) electrons. The van der Waals surface area contributed by atoms with Crippen molar-refractivity contribution in [2.45, 2.75) is 6.61 Å². The van der Waals surface area contributed by atoms with E-state index in [1.807, 2.05) is 54.6 Å². The topological polar surface area (TPSA) is 22.1 Å². The number of benzene rings is 2. The lowest BCUT2D eigenvalue weighted by molar-refractivity contribution is 0.306. The number of pyridine rings is 1. The quantitative estimate of drug-likeness (QED) is 0.657. The summed E-state index contributed by atoms with van der Waals surface area (Å²) in [7, 11) is 0. The molecular weight excluding hydrogens is 265 g/mol. The molecule has 0 atom stereocenters. The number of nitrogens with zero attached hydrogens (tertiary/aromatic N) is 1. The molecule has 0 aliphatic heterocycles. The number of aromatic nitrogens is 1. The van der Waals surface area contributed by atoms with Crippen LogP contribution in [0.5, 0.6) is 5.75 Å². The molecule has 0 aliphatic carbocycles. The third-order valence-electron chi connectivity index (χ3n) is 3.11. The second kappa shape index (κ2) is 6.18. The van der Waals surface area contributed by atoms with E-state index < -0.39 is 5.95 Å². The maximum atomic E-state index is 13.1. The Balaban J connectivity index is 1.69. The molecule has 0 spiro atoms. The van der Waals surface area contributed by atoms with E-state index >= 15 is 0 Å². The first-order valence-corrected chi connectivity index (χ1v) is 6.71. The van der Waals surface area contributed by atoms with E-state index in [1.54, 1.807) is 12.1 Å². The van der Waals surface area contributed by atoms with E-state index in [1.165, 1.54) is 6.07 Å². The summed E-state index contributed by atoms with van der Waals surface area (Å²) in [5.41, 5.74) is 2.60. The molecular formula is C18H14FNO. The minimum Gasteiger partial charge on any atom is -0.489 e. The molecule has 0 saturated heterocycles. The summed E-state index contributed by atoms with van der Waals surface area (Å²) in [6.45, 7) is 0.526. The largest absolute Gasteiger partial charge is 0.489 e. The van der Waals surface area contributed by atoms with Crippen molar-refractivity contribution in [3.05, 3.63) is 84.3 Å². The predicted molar refractivity (Wildman–Crippen MR) is 80.4 cm³/mol. The van der Waals surface area contributed by atoms with Crippen molar-refractivity contribution in [1.29, 1.82) is 0 Å². The summed E-state index contributed by atoms with van der Waals surface area (Å²) in [4.78, 5) is 3.86. The molecule has 21 heavy (non-hydrogen) atoms. The average molecular weight is 279 g/mol. The molecule has 3 heteroatoms. The van der Waals surface area contributed by atoms with Crippen molar-refractivity contribution in [1.82, 2.24) is 4.98 Å². The highest BCUT2D eigenvalue weighted by molar-refractivity contribution is 5.59. The summed E-state index contributed by atoms with van der Waals surface area (Å²) in [6, 6.07) is 22.2. The van der Waals surface area contributed by atoms with Crippen LogP contribution in [0.4, 0.5) is 4.39 Å². The van der Waals surface area contributed by atoms with Crippen LogP contribution in [-0.4, -0.2) is 4.98 Å². The Kier molecular flexibility index (Phi) is 3.92. The lowest BCUT2D eigenvalue weighted by atomic mass is 10.1. The molecule has 0 saturated carbocycles. The van der Waals surface area contributed by atoms with Gasteiger partial charge < -0.3 is 4.74 Å². The second-order valence-electron chi connectivity index (χ2n) is 4.64. The Hall–Kier alpha value is -2.68. The molecule has 1 aromatic heterocycles. The monoisotopic (exact) mass is 279 g/mol. The van der Waals surface area contributed by atoms with Gasteiger partial charge in [0.25, 0.3) is 0 Å². The second-order valence-corrected chi connectivity index (χ2v) is 4.64. The van der Waals surface area contributed by atoms with Crippen molar-refractivity contribution in [3.8, 4) is 17.0 Å². The minimum atomic E-state index is -0.475. The van der Waals surface area contributed by atoms with Crippen molar-refractivity contribution in [3.63, 3.8) is 0 Å². The van der Waals surface area contributed by atoms with Gasteiger partial charge in [-0.3, -0.25) is 0 Å². The summed E-state index contributed by atoms with van der Waals surface area (Å²) >= 11 is 0. The molecule has 0 amide bonds. The van der Waals surface area contributed by atoms with Gasteiger partial charge in [0.1, 0.15) is 12.4 Å². The van der Waals surface area contributed by atoms with Gasteiger partial charge in [-0.15, -0.1) is 0 Å². The first-order valence-electron chi connectivity index (χ1n) is 6.71. The van der Waals surface area contributed by atoms with Crippen molar-refractivity contribution in [2.75, 3.05) is 0 Å². The number of hydrogen-bond acceptors (Lipinski definition) is 2. The number of hydrogen-bond donors (Lipinski definition) is 0. The van der Waals surface area contributed by atoms with Crippen LogP contribution >= 0.6 is 0 Å². The Morgan fingerprint density at radius 2 is 1.57 bits per heavy atom. The number of halogens is 1. The van der Waals surface area contributed by atoms with Crippen molar-refractivity contribution < 1.29 is 9.13 Å². The molecule has 0 fully saturated rings. The average Bonchev–Trinajstić information content (AvgIpc) is 2.54. The highest BCUT2D eigenvalue weighted by atomic mass is 19.1. The van der Waals surface area contributed by atoms with Crippen LogP contribution < -0.4 is 4.74 Å². The maximum absolute atomic E-state index is 13.1. The van der Waals surface area contributed by atoms with Gasteiger partial charge in [0.05, 0.1) is 5.69 Å². The molecule has 0 bridgehead atoms. The first-order chi connectivity index (χ1) is 10.3. The van der Waals surface area contributed by atoms with Gasteiger partial charge in [-0.25, -0.2) is 4.98 Å². The van der Waals surface area contributed by atoms with Gasteiger partial charge in [0.2, 0.25) is 5.95 Å². The lowest BCUT2D eigenvalue weighted by Gasteiger charge is -2.07. The first kappa shape index (κ1) is 13.3. The molecule has 0 unspecified atom stereocenters. The number of ether oxygens (including phenoxy) is 1. The molecule has 3 rings (SSSR count). The fourth-order valence-electron chi connectivity index (χ4n) is 2.03. The van der Waals surface area contributed by atoms with E-state index in [2.05, 4.69) is 4.98 Å². The van der Waals surface area contributed by atoms with Crippen LogP contribution in [0.15, 0.2) is 72.8 Å². The fourth-order valence-corrected chi connectivity index (χ4v) is 2.03. The van der Waals surface area contributed by atoms with Gasteiger partial charge in [0.15, 0.2) is 0 Å². The molecule has 2 aromatic carbocycles. The SMILES string of the molecule is Fc1cccc(-c2ccc(OCc3ccccc3)cc2)n1. The molecule has 0 aliphatic rings. The minimum absolute atomic E-state index is 0.475. The highest BCUT2D eigenvalue weighted by Gasteiger charge is 2.02. The normalized spacial score (nSPS) is 10.3. The zero-order chi connectivity index (χ0) is 14.5. The Morgan fingerprint density at radius 1 is 0.810 bits per heavy atom. The summed E-state index contributed by atoms with van der Waals surface area (Å²) < 4.78 is 18.8. The molecule has 2 nitrogen and oxygen atoms in total. The van der Waals surface area contributed by atoms with E-state index in [0.29, 0.717) is 12.3 Å². The lowest BCUT2D eigenvalue weighted by Crippen LogP contribution is -1.95. The Bertz CT molecular complexity index is 711. The van der Waals surface area contributed by atoms with E-state index in [0.717, 1.165) is 16.9 Å². The van der Waals surface area contributed by atoms with Gasteiger partial charge in [-0.1, -0.05) is 36.4 Å². The summed E-state index contributed by atoms with van der Waals surface area (Å²) in [5.74, 6) is 0.302. The maximum Gasteiger partial charge on any atom is 0.213 e. The van der Waals surface area contributed by atoms with Crippen LogP contribution in [0.1, 0.15) is 5.56 Å². The van der Waals surface area contributed by atoms with E-state index in [9.17, 15) is 4.39 Å². The standard InChI is InChI=1S/C18H14FNO/c19-18-8-4-7-17(20-18)15-9-11-16(12-10-15)21-13-14-5-2-1-3-6-14/h1-12H,13H2. The van der Waals surface area contributed by atoms with Gasteiger partial charge >= 0.3 is 0 Å². The molecule has 3 aromatic rings. The zero-order valence-corrected chi connectivity index (χ0v) is 11.4. The van der Waals surface area contributed by atoms with Crippen molar-refractivity contribution >= 4 is 0 Å². The van der Waals surface area contributed by atoms with E-state index in [-0.39, 0.29) is 0 Å². The summed E-state index contributed by atoms with van der Waals surface area (Å²) in [5, 5.41) is 0. The third kappa shape index (κ3) is 3.45. The third-order valence-corrected chi connectivity index (χ3v) is 3.11. The van der Waals surface area contributed by atoms with Crippen LogP contribution in [-0.2, 0) is 6.61 Å². The highest BCUT2D eigenvalue weighted by Crippen LogP contribution is 2.21. The van der Waals surface area contributed by atoms with Gasteiger partial charge in [-0.05, 0) is 42.0 Å². The van der Waals surface area contributed by atoms with Crippen LogP contribution in [0.25, 0.3) is 11.3 Å². The zero-order valence-electron chi connectivity index (χ0n) is 11.4. The Morgan fingerprint density at radius 3 is 2.29 bits per heavy atom. The smallest absolute Gasteiger partial charge is 0.213 e. The van der Waals surface area contributed by atoms with Crippen LogP contribution in [0.3, 0.4) is 0 Å². The van der Waals surface area contributed by atoms with Crippen molar-refractivity contribution in [2.24, 2.45) is 0 Å². The molecule has 104 valence electrons. The van der Waals surface area contributed by atoms with Gasteiger partial charge in [0, 0.05) is 5.56 Å². The summed E-state index contributed by atoms with van der Waals surface area (Å²) in [6.07, 6.45) is 0. The Labute approximate surface area is 122 Å². The van der Waals surface area contributed by atoms with Crippen LogP contribution in [0.2, 0.25) is 0 Å².